The van der Waals surface area contributed by atoms with Gasteiger partial charge in [0.25, 0.3) is 0 Å². The Morgan fingerprint density at radius 2 is 1.56 bits per heavy atom. The second kappa shape index (κ2) is 10.5. The standard InChI is InChI=1S/C20H21FN10O8PS/c21-11-14-10(37-20(11)31-7-29-13-16(23)25-5-27-18(13)31)3-35-41(33)39-9-1-8(2-34-40(32)38-14)36-19(9)30-6-28-12-15(22)24-4-26-17(12)30/h4-11,14,19-20H,1-3H2,(H2,22,24,26)(H2,23,25,27)/q+1/t8-,9+,10+,11+,14+,19+,20+,41?/m0/s1. The molecule has 0 amide bonds. The number of rotatable bonds is 2. The minimum atomic E-state index is -2.83. The van der Waals surface area contributed by atoms with E-state index < -0.39 is 69.3 Å². The number of hydrogen-bond acceptors (Lipinski definition) is 16. The molecule has 2 bridgehead atoms. The van der Waals surface area contributed by atoms with Crippen molar-refractivity contribution in [3.63, 3.8) is 0 Å². The molecular formula is C20H21FN10O8PS+. The number of halogens is 1. The lowest BCUT2D eigenvalue weighted by Crippen LogP contribution is -2.34. The fourth-order valence-electron chi connectivity index (χ4n) is 4.97. The zero-order chi connectivity index (χ0) is 28.2. The van der Waals surface area contributed by atoms with Crippen LogP contribution in [0.3, 0.4) is 0 Å². The fourth-order valence-corrected chi connectivity index (χ4v) is 6.45. The molecule has 7 heterocycles. The Balaban J connectivity index is 1.13. The van der Waals surface area contributed by atoms with E-state index in [1.54, 1.807) is 4.57 Å². The number of anilines is 2. The van der Waals surface area contributed by atoms with E-state index in [-0.39, 0.29) is 35.8 Å². The predicted octanol–water partition coefficient (Wildman–Crippen LogP) is 0.407. The van der Waals surface area contributed by atoms with E-state index in [1.807, 2.05) is 0 Å². The first-order chi connectivity index (χ1) is 19.9. The van der Waals surface area contributed by atoms with Crippen molar-refractivity contribution in [2.45, 2.75) is 49.5 Å². The number of nitrogen functional groups attached to an aromatic ring is 2. The molecule has 2 unspecified atom stereocenters. The van der Waals surface area contributed by atoms with E-state index in [2.05, 4.69) is 29.9 Å². The number of imidazole rings is 2. The summed E-state index contributed by atoms with van der Waals surface area (Å²) in [5, 5.41) is 0. The number of nitrogens with two attached hydrogens (primary N) is 2. The average Bonchev–Trinajstić information content (AvgIpc) is 3.72. The quantitative estimate of drug-likeness (QED) is 0.292. The van der Waals surface area contributed by atoms with Crippen molar-refractivity contribution in [1.29, 1.82) is 0 Å². The lowest BCUT2D eigenvalue weighted by atomic mass is 10.1. The van der Waals surface area contributed by atoms with E-state index in [0.717, 1.165) is 0 Å². The first-order valence-electron chi connectivity index (χ1n) is 12.2. The molecule has 216 valence electrons. The molecule has 4 aromatic heterocycles. The maximum atomic E-state index is 15.7. The second-order valence-electron chi connectivity index (χ2n) is 9.27. The van der Waals surface area contributed by atoms with Crippen LogP contribution in [0.15, 0.2) is 25.3 Å². The van der Waals surface area contributed by atoms with Crippen LogP contribution in [0.5, 0.6) is 0 Å². The van der Waals surface area contributed by atoms with Gasteiger partial charge in [0.15, 0.2) is 47.7 Å². The summed E-state index contributed by atoms with van der Waals surface area (Å²) in [6, 6.07) is 0. The Morgan fingerprint density at radius 3 is 2.24 bits per heavy atom. The van der Waals surface area contributed by atoms with Gasteiger partial charge in [-0.1, -0.05) is 0 Å². The normalized spacial score (nSPS) is 33.8. The Bertz CT molecular complexity index is 1660. The van der Waals surface area contributed by atoms with Gasteiger partial charge in [0.1, 0.15) is 42.5 Å². The summed E-state index contributed by atoms with van der Waals surface area (Å²) in [6.07, 6.45) is -2.76. The van der Waals surface area contributed by atoms with Crippen LogP contribution in [0.2, 0.25) is 0 Å². The van der Waals surface area contributed by atoms with Gasteiger partial charge >= 0.3 is 19.6 Å². The van der Waals surface area contributed by atoms with Gasteiger partial charge in [0, 0.05) is 11.0 Å². The van der Waals surface area contributed by atoms with Crippen molar-refractivity contribution >= 4 is 53.6 Å². The number of fused-ring (bicyclic) bond motifs is 5. The van der Waals surface area contributed by atoms with Crippen molar-refractivity contribution in [2.24, 2.45) is 0 Å². The van der Waals surface area contributed by atoms with Crippen molar-refractivity contribution < 1.29 is 40.1 Å². The molecule has 0 aromatic carbocycles. The molecule has 3 aliphatic heterocycles. The average molecular weight is 611 g/mol. The molecule has 18 nitrogen and oxygen atoms in total. The first kappa shape index (κ1) is 26.5. The number of ether oxygens (including phenoxy) is 2. The summed E-state index contributed by atoms with van der Waals surface area (Å²) < 4.78 is 78.1. The molecule has 9 atom stereocenters. The van der Waals surface area contributed by atoms with Gasteiger partial charge in [-0.3, -0.25) is 17.5 Å². The molecule has 3 fully saturated rings. The maximum absolute atomic E-state index is 15.7. The third-order valence-corrected chi connectivity index (χ3v) is 8.35. The molecule has 4 N–H and O–H groups in total. The summed E-state index contributed by atoms with van der Waals surface area (Å²) in [4.78, 5) is 24.5. The van der Waals surface area contributed by atoms with Gasteiger partial charge in [-0.15, -0.1) is 9.05 Å². The number of alkyl halides is 1. The number of aromatic nitrogens is 8. The van der Waals surface area contributed by atoms with Gasteiger partial charge in [-0.25, -0.2) is 34.3 Å². The summed E-state index contributed by atoms with van der Waals surface area (Å²) in [7, 11) is -2.83. The van der Waals surface area contributed by atoms with Gasteiger partial charge in [-0.2, -0.15) is 4.21 Å². The molecule has 0 radical (unpaired) electrons. The molecule has 0 spiro atoms. The monoisotopic (exact) mass is 611 g/mol. The molecule has 7 rings (SSSR count). The van der Waals surface area contributed by atoms with Crippen molar-refractivity contribution in [2.75, 3.05) is 24.7 Å². The van der Waals surface area contributed by atoms with Crippen LogP contribution in [0.1, 0.15) is 18.9 Å². The van der Waals surface area contributed by atoms with Crippen LogP contribution >= 0.6 is 8.25 Å². The van der Waals surface area contributed by atoms with Crippen LogP contribution in [-0.4, -0.2) is 87.0 Å². The SMILES string of the molecule is Nc1ncnc2c1ncn2[C@@H]1O[C@@H]2COS(=O)O[C@@H]3C[C@@H](CO[P+](=O)O[C@H]2[C@H]1F)O[C@H]3n1cnc2c(N)ncnc21. The van der Waals surface area contributed by atoms with Gasteiger partial charge in [0.2, 0.25) is 0 Å². The van der Waals surface area contributed by atoms with Gasteiger partial charge in [0.05, 0.1) is 25.4 Å². The Hall–Kier alpha value is -3.36. The van der Waals surface area contributed by atoms with Crippen molar-refractivity contribution in [3.05, 3.63) is 25.3 Å². The molecule has 41 heavy (non-hydrogen) atoms. The van der Waals surface area contributed by atoms with Gasteiger partial charge < -0.3 is 20.9 Å². The second-order valence-corrected chi connectivity index (χ2v) is 11.0. The predicted molar refractivity (Wildman–Crippen MR) is 134 cm³/mol. The highest BCUT2D eigenvalue weighted by atomic mass is 32.2. The maximum Gasteiger partial charge on any atom is 0.697 e. The van der Waals surface area contributed by atoms with Crippen LogP contribution in [0.4, 0.5) is 16.0 Å². The van der Waals surface area contributed by atoms with E-state index in [4.69, 9.17) is 38.4 Å². The lowest BCUT2D eigenvalue weighted by Gasteiger charge is -2.20. The summed E-state index contributed by atoms with van der Waals surface area (Å²) >= 11 is -2.33. The largest absolute Gasteiger partial charge is 0.697 e. The molecule has 0 aliphatic carbocycles. The lowest BCUT2D eigenvalue weighted by molar-refractivity contribution is -0.0529. The van der Waals surface area contributed by atoms with E-state index in [9.17, 15) is 8.77 Å². The zero-order valence-corrected chi connectivity index (χ0v) is 22.4. The molecule has 3 aliphatic rings. The highest BCUT2D eigenvalue weighted by Crippen LogP contribution is 2.42. The molecule has 3 saturated heterocycles. The zero-order valence-electron chi connectivity index (χ0n) is 20.7. The molecule has 4 aromatic rings. The number of nitrogens with zero attached hydrogens (tertiary/aromatic N) is 8. The van der Waals surface area contributed by atoms with Crippen LogP contribution < -0.4 is 11.5 Å². The Morgan fingerprint density at radius 1 is 0.902 bits per heavy atom. The third kappa shape index (κ3) is 4.71. The van der Waals surface area contributed by atoms with Crippen LogP contribution in [0.25, 0.3) is 22.3 Å². The van der Waals surface area contributed by atoms with Crippen molar-refractivity contribution in [3.8, 4) is 0 Å². The molecule has 21 heteroatoms. The minimum Gasteiger partial charge on any atom is -0.382 e. The van der Waals surface area contributed by atoms with Crippen LogP contribution in [-0.2, 0) is 42.8 Å². The summed E-state index contributed by atoms with van der Waals surface area (Å²) in [5.41, 5.74) is 12.9. The van der Waals surface area contributed by atoms with Gasteiger partial charge in [-0.05, 0) is 0 Å². The van der Waals surface area contributed by atoms with E-state index in [1.165, 1.54) is 29.9 Å². The Labute approximate surface area is 232 Å². The third-order valence-electron chi connectivity index (χ3n) is 6.84. The topological polar surface area (TPSA) is 229 Å². The highest BCUT2D eigenvalue weighted by Gasteiger charge is 2.53. The molecule has 0 saturated carbocycles. The molecular weight excluding hydrogens is 590 g/mol. The van der Waals surface area contributed by atoms with Crippen LogP contribution in [0, 0.1) is 0 Å². The number of hydrogen-bond donors (Lipinski definition) is 2. The summed E-state index contributed by atoms with van der Waals surface area (Å²) in [6.45, 7) is -0.648. The summed E-state index contributed by atoms with van der Waals surface area (Å²) in [5.74, 6) is 0.269. The van der Waals surface area contributed by atoms with E-state index in [0.29, 0.717) is 11.2 Å². The highest BCUT2D eigenvalue weighted by molar-refractivity contribution is 7.75. The minimum absolute atomic E-state index is 0.100. The van der Waals surface area contributed by atoms with Crippen molar-refractivity contribution in [1.82, 2.24) is 39.0 Å². The fraction of sp³-hybridized carbons (Fsp3) is 0.500. The smallest absolute Gasteiger partial charge is 0.382 e. The van der Waals surface area contributed by atoms with E-state index >= 15 is 4.39 Å². The first-order valence-corrected chi connectivity index (χ1v) is 14.3. The Kier molecular flexibility index (Phi) is 6.78.